The van der Waals surface area contributed by atoms with Crippen LogP contribution in [0.15, 0.2) is 0 Å². The molecule has 0 bridgehead atoms. The van der Waals surface area contributed by atoms with Crippen molar-refractivity contribution < 1.29 is 14.4 Å². The molecule has 0 radical (unpaired) electrons. The standard InChI is InChI=1S/C13H23N3O3/c1-9(2)8-11(12(18)15-6-7-17)16-13(19)10-4-3-5-14-10/h7,9-11,14H,3-6,8H2,1-2H3,(H,15,18)(H,16,19)/t10-,11-/m0/s1. The second-order valence-electron chi connectivity index (χ2n) is 5.25. The van der Waals surface area contributed by atoms with Crippen molar-refractivity contribution in [1.29, 1.82) is 0 Å². The van der Waals surface area contributed by atoms with E-state index in [1.165, 1.54) is 0 Å². The Kier molecular flexibility index (Phi) is 6.49. The monoisotopic (exact) mass is 269 g/mol. The maximum absolute atomic E-state index is 12.0. The molecule has 3 N–H and O–H groups in total. The van der Waals surface area contributed by atoms with Gasteiger partial charge in [-0.3, -0.25) is 9.59 Å². The van der Waals surface area contributed by atoms with Gasteiger partial charge >= 0.3 is 0 Å². The number of rotatable bonds is 7. The van der Waals surface area contributed by atoms with E-state index in [9.17, 15) is 14.4 Å². The Hall–Kier alpha value is -1.43. The number of carbonyl (C=O) groups is 3. The summed E-state index contributed by atoms with van der Waals surface area (Å²) in [4.78, 5) is 34.1. The molecule has 1 saturated heterocycles. The van der Waals surface area contributed by atoms with E-state index in [0.29, 0.717) is 12.7 Å². The molecular weight excluding hydrogens is 246 g/mol. The van der Waals surface area contributed by atoms with Gasteiger partial charge in [0.05, 0.1) is 12.6 Å². The highest BCUT2D eigenvalue weighted by Gasteiger charge is 2.27. The molecule has 1 aliphatic heterocycles. The van der Waals surface area contributed by atoms with Crippen LogP contribution in [-0.2, 0) is 14.4 Å². The first-order valence-electron chi connectivity index (χ1n) is 6.79. The maximum Gasteiger partial charge on any atom is 0.242 e. The highest BCUT2D eigenvalue weighted by atomic mass is 16.2. The van der Waals surface area contributed by atoms with E-state index in [4.69, 9.17) is 0 Å². The third-order valence-electron chi connectivity index (χ3n) is 3.08. The number of amides is 2. The Labute approximate surface area is 113 Å². The highest BCUT2D eigenvalue weighted by Crippen LogP contribution is 2.08. The third kappa shape index (κ3) is 5.38. The minimum absolute atomic E-state index is 0.0228. The number of nitrogens with one attached hydrogen (secondary N) is 3. The second kappa shape index (κ2) is 7.89. The first kappa shape index (κ1) is 15.6. The number of carbonyl (C=O) groups excluding carboxylic acids is 3. The Bertz CT molecular complexity index is 325. The van der Waals surface area contributed by atoms with E-state index in [1.807, 2.05) is 13.8 Å². The van der Waals surface area contributed by atoms with Crippen LogP contribution in [0.4, 0.5) is 0 Å². The molecule has 0 aromatic carbocycles. The number of hydrogen-bond acceptors (Lipinski definition) is 4. The summed E-state index contributed by atoms with van der Waals surface area (Å²) in [6, 6.07) is -0.775. The van der Waals surface area contributed by atoms with Crippen LogP contribution in [0.25, 0.3) is 0 Å². The van der Waals surface area contributed by atoms with Gasteiger partial charge in [-0.1, -0.05) is 13.8 Å². The first-order valence-corrected chi connectivity index (χ1v) is 6.79. The van der Waals surface area contributed by atoms with Gasteiger partial charge in [0.2, 0.25) is 11.8 Å². The summed E-state index contributed by atoms with van der Waals surface area (Å²) in [5.41, 5.74) is 0. The summed E-state index contributed by atoms with van der Waals surface area (Å²) in [5, 5.41) is 8.36. The topological polar surface area (TPSA) is 87.3 Å². The van der Waals surface area contributed by atoms with Crippen LogP contribution in [0.2, 0.25) is 0 Å². The molecule has 1 rings (SSSR count). The van der Waals surface area contributed by atoms with Gasteiger partial charge in [0.15, 0.2) is 0 Å². The lowest BCUT2D eigenvalue weighted by Crippen LogP contribution is -2.52. The van der Waals surface area contributed by atoms with Crippen molar-refractivity contribution in [1.82, 2.24) is 16.0 Å². The van der Waals surface area contributed by atoms with Crippen LogP contribution in [0.1, 0.15) is 33.1 Å². The molecule has 0 unspecified atom stereocenters. The fourth-order valence-electron chi connectivity index (χ4n) is 2.15. The molecule has 0 aromatic heterocycles. The first-order chi connectivity index (χ1) is 9.04. The van der Waals surface area contributed by atoms with E-state index >= 15 is 0 Å². The molecule has 0 spiro atoms. The summed E-state index contributed by atoms with van der Waals surface area (Å²) in [6.07, 6.45) is 2.97. The molecule has 6 nitrogen and oxygen atoms in total. The largest absolute Gasteiger partial charge is 0.348 e. The molecule has 108 valence electrons. The van der Waals surface area contributed by atoms with E-state index in [1.54, 1.807) is 0 Å². The molecule has 19 heavy (non-hydrogen) atoms. The van der Waals surface area contributed by atoms with Crippen molar-refractivity contribution in [2.45, 2.75) is 45.2 Å². The summed E-state index contributed by atoms with van der Waals surface area (Å²) in [6.45, 7) is 4.79. The summed E-state index contributed by atoms with van der Waals surface area (Å²) >= 11 is 0. The molecule has 0 aliphatic carbocycles. The van der Waals surface area contributed by atoms with Crippen molar-refractivity contribution in [3.8, 4) is 0 Å². The third-order valence-corrected chi connectivity index (χ3v) is 3.08. The Morgan fingerprint density at radius 2 is 2.16 bits per heavy atom. The van der Waals surface area contributed by atoms with Gasteiger partial charge in [0, 0.05) is 0 Å². The predicted octanol–water partition coefficient (Wildman–Crippen LogP) is -0.416. The maximum atomic E-state index is 12.0. The average Bonchev–Trinajstić information content (AvgIpc) is 2.88. The molecule has 2 amide bonds. The van der Waals surface area contributed by atoms with Crippen LogP contribution < -0.4 is 16.0 Å². The smallest absolute Gasteiger partial charge is 0.242 e. The lowest BCUT2D eigenvalue weighted by Gasteiger charge is -2.21. The molecule has 0 saturated carbocycles. The lowest BCUT2D eigenvalue weighted by atomic mass is 10.0. The van der Waals surface area contributed by atoms with Crippen LogP contribution in [-0.4, -0.2) is 43.3 Å². The van der Waals surface area contributed by atoms with Crippen LogP contribution >= 0.6 is 0 Å². The summed E-state index contributed by atoms with van der Waals surface area (Å²) < 4.78 is 0. The van der Waals surface area contributed by atoms with Crippen LogP contribution in [0, 0.1) is 5.92 Å². The zero-order chi connectivity index (χ0) is 14.3. The zero-order valence-electron chi connectivity index (χ0n) is 11.6. The average molecular weight is 269 g/mol. The second-order valence-corrected chi connectivity index (χ2v) is 5.25. The lowest BCUT2D eigenvalue weighted by molar-refractivity contribution is -0.130. The SMILES string of the molecule is CC(C)C[C@H](NC(=O)[C@@H]1CCCN1)C(=O)NCC=O. The van der Waals surface area contributed by atoms with Gasteiger partial charge in [0.1, 0.15) is 12.3 Å². The predicted molar refractivity (Wildman–Crippen MR) is 71.5 cm³/mol. The van der Waals surface area contributed by atoms with E-state index in [2.05, 4.69) is 16.0 Å². The van der Waals surface area contributed by atoms with Crippen molar-refractivity contribution in [3.63, 3.8) is 0 Å². The molecule has 1 heterocycles. The van der Waals surface area contributed by atoms with Gasteiger partial charge < -0.3 is 20.7 Å². The molecule has 6 heteroatoms. The Morgan fingerprint density at radius 3 is 2.68 bits per heavy atom. The van der Waals surface area contributed by atoms with Gasteiger partial charge in [-0.15, -0.1) is 0 Å². The van der Waals surface area contributed by atoms with Crippen molar-refractivity contribution in [2.24, 2.45) is 5.92 Å². The van der Waals surface area contributed by atoms with Crippen molar-refractivity contribution >= 4 is 18.1 Å². The van der Waals surface area contributed by atoms with Crippen LogP contribution in [0.3, 0.4) is 0 Å². The van der Waals surface area contributed by atoms with Gasteiger partial charge in [0.25, 0.3) is 0 Å². The normalized spacial score (nSPS) is 20.1. The van der Waals surface area contributed by atoms with E-state index < -0.39 is 6.04 Å². The Morgan fingerprint density at radius 1 is 1.42 bits per heavy atom. The minimum atomic E-state index is -0.574. The van der Waals surface area contributed by atoms with Gasteiger partial charge in [-0.05, 0) is 31.7 Å². The number of aldehydes is 1. The summed E-state index contributed by atoms with van der Waals surface area (Å²) in [7, 11) is 0. The van der Waals surface area contributed by atoms with Gasteiger partial charge in [-0.2, -0.15) is 0 Å². The molecule has 0 aromatic rings. The Balaban J connectivity index is 2.54. The quantitative estimate of drug-likeness (QED) is 0.548. The van der Waals surface area contributed by atoms with Crippen molar-refractivity contribution in [3.05, 3.63) is 0 Å². The van der Waals surface area contributed by atoms with Crippen molar-refractivity contribution in [2.75, 3.05) is 13.1 Å². The van der Waals surface area contributed by atoms with Crippen LogP contribution in [0.5, 0.6) is 0 Å². The van der Waals surface area contributed by atoms with E-state index in [-0.39, 0.29) is 30.3 Å². The number of hydrogen-bond donors (Lipinski definition) is 3. The molecule has 1 aliphatic rings. The molecule has 1 fully saturated rings. The summed E-state index contributed by atoms with van der Waals surface area (Å²) in [5.74, 6) is -0.152. The van der Waals surface area contributed by atoms with E-state index in [0.717, 1.165) is 19.4 Å². The fraction of sp³-hybridized carbons (Fsp3) is 0.769. The zero-order valence-corrected chi connectivity index (χ0v) is 11.6. The highest BCUT2D eigenvalue weighted by molar-refractivity contribution is 5.90. The van der Waals surface area contributed by atoms with Gasteiger partial charge in [-0.25, -0.2) is 0 Å². The fourth-order valence-corrected chi connectivity index (χ4v) is 2.15. The molecule has 2 atom stereocenters. The molecular formula is C13H23N3O3. The minimum Gasteiger partial charge on any atom is -0.348 e.